The van der Waals surface area contributed by atoms with E-state index in [0.717, 1.165) is 0 Å². The summed E-state index contributed by atoms with van der Waals surface area (Å²) in [6.07, 6.45) is 0. The molecule has 0 aliphatic rings. The number of ether oxygens (including phenoxy) is 1. The van der Waals surface area contributed by atoms with Crippen LogP contribution in [0.5, 0.6) is 5.75 Å². The highest BCUT2D eigenvalue weighted by atomic mass is 16.5. The fraction of sp³-hybridized carbons (Fsp3) is 0.182. The summed E-state index contributed by atoms with van der Waals surface area (Å²) in [5.41, 5.74) is -0.759. The molecule has 0 aliphatic heterocycles. The molecule has 0 fully saturated rings. The maximum atomic E-state index is 12.2. The first kappa shape index (κ1) is 21.6. The molecule has 31 heavy (non-hydrogen) atoms. The average molecular weight is 423 g/mol. The van der Waals surface area contributed by atoms with Gasteiger partial charge in [-0.3, -0.25) is 14.4 Å². The highest BCUT2D eigenvalue weighted by molar-refractivity contribution is 5.99. The van der Waals surface area contributed by atoms with Crippen molar-refractivity contribution in [3.63, 3.8) is 0 Å². The summed E-state index contributed by atoms with van der Waals surface area (Å²) in [6.45, 7) is 1.92. The summed E-state index contributed by atoms with van der Waals surface area (Å²) in [5, 5.41) is 16.0. The number of phenols is 1. The summed E-state index contributed by atoms with van der Waals surface area (Å²) in [5.74, 6) is -1.27. The van der Waals surface area contributed by atoms with E-state index in [1.165, 1.54) is 23.1 Å². The number of nitrogens with one attached hydrogen (secondary N) is 2. The van der Waals surface area contributed by atoms with Crippen molar-refractivity contribution in [1.29, 1.82) is 0 Å². The van der Waals surface area contributed by atoms with Crippen LogP contribution in [-0.4, -0.2) is 42.6 Å². The molecule has 9 nitrogen and oxygen atoms in total. The number of benzene rings is 2. The Morgan fingerprint density at radius 2 is 1.65 bits per heavy atom. The monoisotopic (exact) mass is 423 g/mol. The average Bonchev–Trinajstić information content (AvgIpc) is 2.76. The molecule has 3 rings (SSSR count). The quantitative estimate of drug-likeness (QED) is 0.300. The molecule has 0 saturated carbocycles. The summed E-state index contributed by atoms with van der Waals surface area (Å²) in [6, 6.07) is 10.8. The lowest BCUT2D eigenvalue weighted by atomic mass is 10.1. The predicted octanol–water partition coefficient (Wildman–Crippen LogP) is 2.35. The second kappa shape index (κ2) is 8.70. The number of esters is 1. The Hall–Kier alpha value is -4.14. The highest BCUT2D eigenvalue weighted by Crippen LogP contribution is 2.32. The molecular formula is C22H21N3O6. The van der Waals surface area contributed by atoms with Crippen molar-refractivity contribution in [2.45, 2.75) is 6.92 Å². The first-order valence-electron chi connectivity index (χ1n) is 9.42. The van der Waals surface area contributed by atoms with Gasteiger partial charge in [0.2, 0.25) is 0 Å². The van der Waals surface area contributed by atoms with Crippen LogP contribution in [0.25, 0.3) is 0 Å². The second-order valence-electron chi connectivity index (χ2n) is 6.86. The smallest absolute Gasteiger partial charge is 0.338 e. The number of carbonyl (C=O) groups excluding carboxylic acids is 2. The summed E-state index contributed by atoms with van der Waals surface area (Å²) < 4.78 is 4.96. The third-order valence-corrected chi connectivity index (χ3v) is 4.49. The minimum absolute atomic E-state index is 0.0188. The van der Waals surface area contributed by atoms with Crippen LogP contribution >= 0.6 is 0 Å². The fourth-order valence-electron chi connectivity index (χ4n) is 2.91. The zero-order chi connectivity index (χ0) is 22.7. The van der Waals surface area contributed by atoms with Crippen LogP contribution in [0.1, 0.15) is 27.6 Å². The van der Waals surface area contributed by atoms with Crippen LogP contribution in [0, 0.1) is 0 Å². The number of phenolic OH excluding ortho intramolecular Hbond substituents is 1. The van der Waals surface area contributed by atoms with E-state index in [-0.39, 0.29) is 40.5 Å². The fourth-order valence-corrected chi connectivity index (χ4v) is 2.91. The zero-order valence-electron chi connectivity index (χ0n) is 17.2. The summed E-state index contributed by atoms with van der Waals surface area (Å²) in [7, 11) is 3.09. The van der Waals surface area contributed by atoms with Crippen molar-refractivity contribution in [2.75, 3.05) is 31.3 Å². The van der Waals surface area contributed by atoms with E-state index in [1.54, 1.807) is 45.3 Å². The summed E-state index contributed by atoms with van der Waals surface area (Å²) in [4.78, 5) is 49.6. The van der Waals surface area contributed by atoms with E-state index in [4.69, 9.17) is 4.74 Å². The van der Waals surface area contributed by atoms with Gasteiger partial charge in [0.05, 0.1) is 23.4 Å². The van der Waals surface area contributed by atoms with E-state index < -0.39 is 22.7 Å². The molecule has 0 radical (unpaired) electrons. The number of rotatable bonds is 7. The van der Waals surface area contributed by atoms with Gasteiger partial charge in [-0.25, -0.2) is 4.79 Å². The minimum atomic E-state index is -0.771. The van der Waals surface area contributed by atoms with Crippen LogP contribution < -0.4 is 21.5 Å². The molecule has 0 heterocycles. The Morgan fingerprint density at radius 1 is 1.00 bits per heavy atom. The lowest BCUT2D eigenvalue weighted by Gasteiger charge is -2.18. The van der Waals surface area contributed by atoms with Crippen molar-refractivity contribution >= 4 is 34.6 Å². The number of carbonyl (C=O) groups is 2. The Bertz CT molecular complexity index is 1220. The minimum Gasteiger partial charge on any atom is -0.505 e. The molecule has 3 aromatic carbocycles. The third-order valence-electron chi connectivity index (χ3n) is 4.49. The van der Waals surface area contributed by atoms with Crippen LogP contribution in [0.4, 0.5) is 22.7 Å². The molecule has 3 N–H and O–H groups in total. The van der Waals surface area contributed by atoms with E-state index in [2.05, 4.69) is 10.6 Å². The molecule has 0 unspecified atom stereocenters. The number of para-hydroxylation sites is 1. The molecule has 0 aromatic heterocycles. The lowest BCUT2D eigenvalue weighted by Crippen LogP contribution is -2.35. The molecule has 0 bridgehead atoms. The van der Waals surface area contributed by atoms with Crippen molar-refractivity contribution < 1.29 is 19.4 Å². The Morgan fingerprint density at radius 3 is 2.29 bits per heavy atom. The van der Waals surface area contributed by atoms with Crippen molar-refractivity contribution in [3.8, 4) is 5.75 Å². The van der Waals surface area contributed by atoms with E-state index in [1.807, 2.05) is 0 Å². The number of hydrogen-bond acceptors (Lipinski definition) is 8. The largest absolute Gasteiger partial charge is 0.505 e. The van der Waals surface area contributed by atoms with E-state index in [0.29, 0.717) is 5.69 Å². The van der Waals surface area contributed by atoms with Gasteiger partial charge in [-0.15, -0.1) is 0 Å². The topological polar surface area (TPSA) is 125 Å². The molecule has 3 aromatic rings. The Kier molecular flexibility index (Phi) is 6.05. The molecule has 0 saturated heterocycles. The van der Waals surface area contributed by atoms with Gasteiger partial charge in [0, 0.05) is 19.8 Å². The van der Waals surface area contributed by atoms with Crippen LogP contribution in [0.15, 0.2) is 52.1 Å². The third kappa shape index (κ3) is 4.25. The van der Waals surface area contributed by atoms with Crippen LogP contribution in [0.2, 0.25) is 0 Å². The Labute approximate surface area is 177 Å². The van der Waals surface area contributed by atoms with Gasteiger partial charge in [0.15, 0.2) is 5.75 Å². The zero-order valence-corrected chi connectivity index (χ0v) is 17.2. The molecular weight excluding hydrogens is 402 g/mol. The summed E-state index contributed by atoms with van der Waals surface area (Å²) >= 11 is 0. The number of amides is 1. The van der Waals surface area contributed by atoms with Crippen molar-refractivity contribution in [1.82, 2.24) is 4.90 Å². The van der Waals surface area contributed by atoms with Gasteiger partial charge in [0.1, 0.15) is 11.4 Å². The lowest BCUT2D eigenvalue weighted by molar-refractivity contribution is 0.0526. The van der Waals surface area contributed by atoms with E-state index in [9.17, 15) is 24.3 Å². The van der Waals surface area contributed by atoms with Crippen LogP contribution in [0.3, 0.4) is 0 Å². The standard InChI is InChI=1S/C22H21N3O6/c1-4-31-22(30)12-7-5-8-13(11-12)23-16-17(20(28)19(16)27)24-15-10-6-9-14(18(15)26)21(29)25(2)3/h5-11,23-24,26H,4H2,1-3H3. The molecule has 9 heteroatoms. The SMILES string of the molecule is CCOC(=O)c1cccc(Nc2c(Nc3cccc(C(=O)N(C)C)c3O)c(=O)c2=O)c1. The molecule has 0 atom stereocenters. The van der Waals surface area contributed by atoms with E-state index >= 15 is 0 Å². The molecule has 160 valence electrons. The second-order valence-corrected chi connectivity index (χ2v) is 6.86. The van der Waals surface area contributed by atoms with Gasteiger partial charge in [-0.2, -0.15) is 0 Å². The number of aromatic hydroxyl groups is 1. The normalized spacial score (nSPS) is 10.5. The van der Waals surface area contributed by atoms with Gasteiger partial charge < -0.3 is 25.4 Å². The van der Waals surface area contributed by atoms with Gasteiger partial charge in [0.25, 0.3) is 16.8 Å². The van der Waals surface area contributed by atoms with Gasteiger partial charge in [-0.05, 0) is 37.3 Å². The Balaban J connectivity index is 1.89. The van der Waals surface area contributed by atoms with Crippen molar-refractivity contribution in [3.05, 3.63) is 74.0 Å². The van der Waals surface area contributed by atoms with Crippen LogP contribution in [-0.2, 0) is 4.74 Å². The number of nitrogens with zero attached hydrogens (tertiary/aromatic N) is 1. The highest BCUT2D eigenvalue weighted by Gasteiger charge is 2.24. The molecule has 1 amide bonds. The number of hydrogen-bond donors (Lipinski definition) is 3. The maximum Gasteiger partial charge on any atom is 0.338 e. The maximum absolute atomic E-state index is 12.2. The molecule has 0 aliphatic carbocycles. The van der Waals surface area contributed by atoms with Gasteiger partial charge in [-0.1, -0.05) is 12.1 Å². The number of anilines is 4. The molecule has 0 spiro atoms. The van der Waals surface area contributed by atoms with Crippen molar-refractivity contribution in [2.24, 2.45) is 0 Å². The predicted molar refractivity (Wildman–Crippen MR) is 116 cm³/mol. The first-order valence-corrected chi connectivity index (χ1v) is 9.42. The first-order chi connectivity index (χ1) is 14.7. The van der Waals surface area contributed by atoms with Gasteiger partial charge >= 0.3 is 5.97 Å².